The Morgan fingerprint density at radius 2 is 1.56 bits per heavy atom. The van der Waals surface area contributed by atoms with E-state index in [1.165, 1.54) is 16.7 Å². The van der Waals surface area contributed by atoms with Crippen LogP contribution in [0.1, 0.15) is 54.0 Å². The smallest absolute Gasteiger partial charge is 0.195 e. The van der Waals surface area contributed by atoms with Gasteiger partial charge in [-0.25, -0.2) is 13.2 Å². The topological polar surface area (TPSA) is 0 Å². The van der Waals surface area contributed by atoms with Gasteiger partial charge in [-0.1, -0.05) is 86.7 Å². The fourth-order valence-electron chi connectivity index (χ4n) is 4.07. The molecule has 0 aliphatic heterocycles. The van der Waals surface area contributed by atoms with E-state index in [9.17, 15) is 13.2 Å². The molecule has 3 heteroatoms. The molecule has 32 heavy (non-hydrogen) atoms. The Morgan fingerprint density at radius 3 is 2.38 bits per heavy atom. The van der Waals surface area contributed by atoms with Crippen molar-refractivity contribution in [1.82, 2.24) is 0 Å². The summed E-state index contributed by atoms with van der Waals surface area (Å²) in [6.45, 7) is 4.40. The zero-order valence-electron chi connectivity index (χ0n) is 18.1. The van der Waals surface area contributed by atoms with Crippen molar-refractivity contribution in [1.29, 1.82) is 0 Å². The van der Waals surface area contributed by atoms with Gasteiger partial charge in [0.2, 0.25) is 0 Å². The minimum Gasteiger partial charge on any atom is -0.204 e. The van der Waals surface area contributed by atoms with Crippen molar-refractivity contribution in [2.45, 2.75) is 32.6 Å². The molecule has 0 aromatic heterocycles. The van der Waals surface area contributed by atoms with E-state index in [2.05, 4.69) is 62.1 Å². The predicted octanol–water partition coefficient (Wildman–Crippen LogP) is 7.76. The summed E-state index contributed by atoms with van der Waals surface area (Å²) in [6.07, 6.45) is 2.15. The molecule has 0 fully saturated rings. The van der Waals surface area contributed by atoms with Crippen molar-refractivity contribution < 1.29 is 13.2 Å². The minimum atomic E-state index is -1.50. The summed E-state index contributed by atoms with van der Waals surface area (Å²) in [7, 11) is 0. The highest BCUT2D eigenvalue weighted by Gasteiger charge is 2.14. The van der Waals surface area contributed by atoms with Gasteiger partial charge in [0.15, 0.2) is 17.5 Å². The molecule has 0 aliphatic rings. The van der Waals surface area contributed by atoms with Gasteiger partial charge in [0.25, 0.3) is 0 Å². The van der Waals surface area contributed by atoms with Gasteiger partial charge < -0.3 is 0 Å². The third-order valence-electron chi connectivity index (χ3n) is 5.81. The first-order chi connectivity index (χ1) is 15.5. The maximum atomic E-state index is 14.0. The molecule has 4 aromatic rings. The number of fused-ring (bicyclic) bond motifs is 1. The number of benzene rings is 4. The molecule has 0 heterocycles. The number of rotatable bonds is 4. The van der Waals surface area contributed by atoms with Crippen LogP contribution in [0.2, 0.25) is 0 Å². The molecule has 1 atom stereocenters. The van der Waals surface area contributed by atoms with Crippen molar-refractivity contribution in [3.63, 3.8) is 0 Å². The lowest BCUT2D eigenvalue weighted by Gasteiger charge is -2.17. The Hall–Kier alpha value is -3.51. The third kappa shape index (κ3) is 4.27. The van der Waals surface area contributed by atoms with Gasteiger partial charge in [-0.05, 0) is 52.1 Å². The Labute approximate surface area is 186 Å². The van der Waals surface area contributed by atoms with Crippen LogP contribution in [0.3, 0.4) is 0 Å². The molecule has 160 valence electrons. The normalized spacial score (nSPS) is 11.8. The largest absolute Gasteiger partial charge is 0.204 e. The van der Waals surface area contributed by atoms with E-state index in [0.29, 0.717) is 5.56 Å². The quantitative estimate of drug-likeness (QED) is 0.230. The molecule has 0 saturated carbocycles. The lowest BCUT2D eigenvalue weighted by molar-refractivity contribution is 0.446. The Kier molecular flexibility index (Phi) is 6.32. The Balaban J connectivity index is 1.71. The molecule has 0 spiro atoms. The fourth-order valence-corrected chi connectivity index (χ4v) is 4.07. The number of aryl methyl sites for hydroxylation is 1. The van der Waals surface area contributed by atoms with Crippen molar-refractivity contribution >= 4 is 10.8 Å². The zero-order chi connectivity index (χ0) is 22.7. The van der Waals surface area contributed by atoms with Crippen LogP contribution in [0, 0.1) is 29.3 Å². The summed E-state index contributed by atoms with van der Waals surface area (Å²) < 4.78 is 40.6. The molecule has 1 unspecified atom stereocenters. The first-order valence-corrected chi connectivity index (χ1v) is 10.8. The number of hydrogen-bond donors (Lipinski definition) is 0. The van der Waals surface area contributed by atoms with E-state index in [1.54, 1.807) is 0 Å². The second-order valence-electron chi connectivity index (χ2n) is 7.93. The van der Waals surface area contributed by atoms with Crippen molar-refractivity contribution in [2.24, 2.45) is 0 Å². The number of hydrogen-bond acceptors (Lipinski definition) is 0. The maximum Gasteiger partial charge on any atom is 0.195 e. The molecule has 0 N–H and O–H groups in total. The maximum absolute atomic E-state index is 14.0. The van der Waals surface area contributed by atoms with E-state index in [-0.39, 0.29) is 11.5 Å². The van der Waals surface area contributed by atoms with Crippen LogP contribution < -0.4 is 0 Å². The Morgan fingerprint density at radius 1 is 0.781 bits per heavy atom. The average molecular weight is 428 g/mol. The van der Waals surface area contributed by atoms with E-state index in [1.807, 2.05) is 24.3 Å². The SMILES string of the molecule is CCCc1ccccc1C(C)c1ccc2c(C#Cc3ccc(F)c(F)c3F)cccc2c1. The Bertz CT molecular complexity index is 1340. The summed E-state index contributed by atoms with van der Waals surface area (Å²) in [5.74, 6) is 1.82. The monoisotopic (exact) mass is 428 g/mol. The molecule has 0 aliphatic carbocycles. The van der Waals surface area contributed by atoms with Gasteiger partial charge in [-0.2, -0.15) is 0 Å². The van der Waals surface area contributed by atoms with Crippen molar-refractivity contribution in [3.8, 4) is 11.8 Å². The highest BCUT2D eigenvalue weighted by molar-refractivity contribution is 5.89. The minimum absolute atomic E-state index is 0.168. The van der Waals surface area contributed by atoms with Gasteiger partial charge in [-0.3, -0.25) is 0 Å². The second kappa shape index (κ2) is 9.32. The summed E-state index contributed by atoms with van der Waals surface area (Å²) in [6, 6.07) is 22.6. The van der Waals surface area contributed by atoms with Crippen molar-refractivity contribution in [3.05, 3.63) is 118 Å². The standard InChI is InChI=1S/C29H23F3/c1-3-7-20-8-4-5-11-25(20)19(2)23-14-16-26-21(9-6-10-24(26)18-23)12-13-22-15-17-27(30)29(32)28(22)31/h4-6,8-11,14-19H,3,7H2,1-2H3. The molecule has 0 nitrogen and oxygen atoms in total. The second-order valence-corrected chi connectivity index (χ2v) is 7.93. The third-order valence-corrected chi connectivity index (χ3v) is 5.81. The van der Waals surface area contributed by atoms with E-state index in [4.69, 9.17) is 0 Å². The van der Waals surface area contributed by atoms with E-state index >= 15 is 0 Å². The first kappa shape index (κ1) is 21.7. The molecular formula is C29H23F3. The number of halogens is 3. The van der Waals surface area contributed by atoms with Crippen LogP contribution in [0.25, 0.3) is 10.8 Å². The van der Waals surface area contributed by atoms with Gasteiger partial charge >= 0.3 is 0 Å². The molecule has 0 bridgehead atoms. The highest BCUT2D eigenvalue weighted by Crippen LogP contribution is 2.30. The predicted molar refractivity (Wildman–Crippen MR) is 124 cm³/mol. The van der Waals surface area contributed by atoms with Crippen LogP contribution in [0.15, 0.2) is 72.8 Å². The molecule has 0 amide bonds. The van der Waals surface area contributed by atoms with Gasteiger partial charge in [0, 0.05) is 11.5 Å². The van der Waals surface area contributed by atoms with E-state index in [0.717, 1.165) is 35.7 Å². The molecule has 0 saturated heterocycles. The molecular weight excluding hydrogens is 405 g/mol. The molecule has 4 rings (SSSR count). The van der Waals surface area contributed by atoms with Crippen molar-refractivity contribution in [2.75, 3.05) is 0 Å². The van der Waals surface area contributed by atoms with Gasteiger partial charge in [0.05, 0.1) is 5.56 Å². The average Bonchev–Trinajstić information content (AvgIpc) is 2.82. The molecule has 4 aromatic carbocycles. The fraction of sp³-hybridized carbons (Fsp3) is 0.172. The lowest BCUT2D eigenvalue weighted by atomic mass is 9.87. The van der Waals surface area contributed by atoms with Crippen LogP contribution >= 0.6 is 0 Å². The summed E-state index contributed by atoms with van der Waals surface area (Å²) in [5.41, 5.74) is 4.45. The molecule has 0 radical (unpaired) electrons. The van der Waals surface area contributed by atoms with Gasteiger partial charge in [-0.15, -0.1) is 0 Å². The van der Waals surface area contributed by atoms with Gasteiger partial charge in [0.1, 0.15) is 0 Å². The summed E-state index contributed by atoms with van der Waals surface area (Å²) >= 11 is 0. The van der Waals surface area contributed by atoms with Crippen LogP contribution in [0.5, 0.6) is 0 Å². The highest BCUT2D eigenvalue weighted by atomic mass is 19.2. The van der Waals surface area contributed by atoms with E-state index < -0.39 is 17.5 Å². The first-order valence-electron chi connectivity index (χ1n) is 10.8. The summed E-state index contributed by atoms with van der Waals surface area (Å²) in [4.78, 5) is 0. The zero-order valence-corrected chi connectivity index (χ0v) is 18.1. The van der Waals surface area contributed by atoms with Crippen LogP contribution in [0.4, 0.5) is 13.2 Å². The van der Waals surface area contributed by atoms with Crippen LogP contribution in [-0.4, -0.2) is 0 Å². The lowest BCUT2D eigenvalue weighted by Crippen LogP contribution is -2.01. The van der Waals surface area contributed by atoms with Crippen LogP contribution in [-0.2, 0) is 6.42 Å². The summed E-state index contributed by atoms with van der Waals surface area (Å²) in [5, 5.41) is 1.96.